The fourth-order valence-electron chi connectivity index (χ4n) is 9.01. The molecule has 4 aromatic rings. The molecular weight excluding hydrogens is 762 g/mol. The number of nitrogen functional groups attached to an aromatic ring is 1. The van der Waals surface area contributed by atoms with Crippen LogP contribution in [0.4, 0.5) is 50.7 Å². The Bertz CT molecular complexity index is 2260. The molecule has 0 bridgehead atoms. The Balaban J connectivity index is 1.40. The number of carbonyl (C=O) groups is 1. The van der Waals surface area contributed by atoms with Crippen molar-refractivity contribution < 1.29 is 49.4 Å². The van der Waals surface area contributed by atoms with Crippen LogP contribution >= 0.6 is 11.3 Å². The summed E-state index contributed by atoms with van der Waals surface area (Å²) in [6.07, 6.45) is -10.5. The molecule has 4 fully saturated rings. The fraction of sp³-hybridized carbons (Fsp3) is 0.500. The number of nitriles is 1. The van der Waals surface area contributed by atoms with Crippen molar-refractivity contribution in [3.63, 3.8) is 0 Å². The van der Waals surface area contributed by atoms with Gasteiger partial charge in [-0.2, -0.15) is 41.6 Å². The zero-order valence-corrected chi connectivity index (χ0v) is 30.0. The normalized spacial score (nSPS) is 24.3. The molecule has 4 saturated heterocycles. The number of anilines is 2. The van der Waals surface area contributed by atoms with Crippen LogP contribution in [-0.2, 0) is 17.1 Å². The molecule has 4 aliphatic heterocycles. The molecule has 0 radical (unpaired) electrons. The minimum Gasteiger partial charge on any atom is -0.461 e. The predicted molar refractivity (Wildman–Crippen MR) is 186 cm³/mol. The number of aromatic nitrogens is 2. The van der Waals surface area contributed by atoms with Gasteiger partial charge in [0.15, 0.2) is 0 Å². The smallest absolute Gasteiger partial charge is 0.419 e. The first-order chi connectivity index (χ1) is 26.0. The number of rotatable bonds is 7. The highest BCUT2D eigenvalue weighted by molar-refractivity contribution is 7.23. The zero-order chi connectivity index (χ0) is 39.2. The Hall–Kier alpha value is -4.70. The first-order valence-corrected chi connectivity index (χ1v) is 18.5. The molecule has 55 heavy (non-hydrogen) atoms. The molecule has 0 saturated carbocycles. The number of alkyl halides is 7. The number of ether oxygens (including phenoxy) is 2. The molecule has 292 valence electrons. The molecule has 6 heterocycles. The van der Waals surface area contributed by atoms with Gasteiger partial charge in [-0.3, -0.25) is 4.90 Å². The number of benzene rings is 2. The number of thiophene rings is 1. The molecule has 4 atom stereocenters. The third-order valence-electron chi connectivity index (χ3n) is 11.3. The van der Waals surface area contributed by atoms with E-state index >= 15 is 30.7 Å². The molecular formula is C36H33F8N7O3S. The van der Waals surface area contributed by atoms with E-state index in [4.69, 9.17) is 15.2 Å². The Labute approximate surface area is 312 Å². The predicted octanol–water partition coefficient (Wildman–Crippen LogP) is 7.91. The standard InChI is InChI=1S/C36H33F8N7O3S/c1-2-50(19-10-18-6-9-53-33(52)51(18)15-19)31-21-11-23(35(39,40)41)26(20-4-5-24(38)29-25(20)22(13-45)30(46)55-29)27(36(42,43)44)28(21)47-32(48-31)54-16-34-7-3-8-49(34)14-17(37)12-34/h4-5,11,17-19H,2-3,6-10,12,14-16,46H2,1H3. The molecule has 4 unspecified atom stereocenters. The van der Waals surface area contributed by atoms with Gasteiger partial charge in [-0.15, -0.1) is 11.3 Å². The van der Waals surface area contributed by atoms with Crippen LogP contribution in [0, 0.1) is 17.1 Å². The van der Waals surface area contributed by atoms with Crippen molar-refractivity contribution in [2.45, 2.75) is 75.2 Å². The number of hydrogen-bond acceptors (Lipinski definition) is 10. The molecule has 2 aromatic carbocycles. The summed E-state index contributed by atoms with van der Waals surface area (Å²) in [4.78, 5) is 26.2. The third kappa shape index (κ3) is 6.12. The molecule has 19 heteroatoms. The van der Waals surface area contributed by atoms with Crippen LogP contribution in [0.5, 0.6) is 6.01 Å². The first-order valence-electron chi connectivity index (χ1n) is 17.7. The molecule has 2 N–H and O–H groups in total. The van der Waals surface area contributed by atoms with E-state index in [0.29, 0.717) is 43.2 Å². The monoisotopic (exact) mass is 795 g/mol. The zero-order valence-electron chi connectivity index (χ0n) is 29.2. The van der Waals surface area contributed by atoms with E-state index < -0.39 is 96.8 Å². The van der Waals surface area contributed by atoms with E-state index in [0.717, 1.165) is 18.6 Å². The summed E-state index contributed by atoms with van der Waals surface area (Å²) in [5.74, 6) is -1.28. The molecule has 0 aliphatic carbocycles. The Morgan fingerprint density at radius 1 is 1.18 bits per heavy atom. The summed E-state index contributed by atoms with van der Waals surface area (Å²) in [7, 11) is 0. The van der Waals surface area contributed by atoms with E-state index in [9.17, 15) is 14.4 Å². The maximum absolute atomic E-state index is 15.7. The summed E-state index contributed by atoms with van der Waals surface area (Å²) in [5, 5.41) is 8.51. The first kappa shape index (κ1) is 37.2. The van der Waals surface area contributed by atoms with E-state index in [2.05, 4.69) is 9.97 Å². The number of nitrogens with zero attached hydrogens (tertiary/aromatic N) is 6. The van der Waals surface area contributed by atoms with Gasteiger partial charge in [0.1, 0.15) is 35.5 Å². The van der Waals surface area contributed by atoms with Crippen LogP contribution in [0.1, 0.15) is 55.7 Å². The lowest BCUT2D eigenvalue weighted by Gasteiger charge is -2.32. The van der Waals surface area contributed by atoms with E-state index in [1.807, 2.05) is 4.90 Å². The van der Waals surface area contributed by atoms with Crippen molar-refractivity contribution in [2.75, 3.05) is 50.0 Å². The molecule has 0 spiro atoms. The second kappa shape index (κ2) is 13.2. The maximum atomic E-state index is 15.7. The SMILES string of the molecule is CCN(c1nc(OCC23CCCN2CC(F)C3)nc2c(C(F)(F)F)c(-c3ccc(F)c4sc(N)c(C#N)c34)c(C(F)(F)F)cc12)C1CC2CCOC(=O)N2C1. The van der Waals surface area contributed by atoms with Crippen LogP contribution < -0.4 is 15.4 Å². The van der Waals surface area contributed by atoms with Crippen molar-refractivity contribution >= 4 is 49.2 Å². The van der Waals surface area contributed by atoms with Crippen molar-refractivity contribution in [3.05, 3.63) is 40.7 Å². The van der Waals surface area contributed by atoms with Crippen LogP contribution in [0.15, 0.2) is 18.2 Å². The topological polar surface area (TPSA) is 121 Å². The number of cyclic esters (lactones) is 1. The van der Waals surface area contributed by atoms with Gasteiger partial charge < -0.3 is 25.0 Å². The van der Waals surface area contributed by atoms with Gasteiger partial charge in [0, 0.05) is 54.9 Å². The number of carbonyl (C=O) groups excluding carboxylic acids is 1. The highest BCUT2D eigenvalue weighted by Gasteiger charge is 2.50. The van der Waals surface area contributed by atoms with Gasteiger partial charge in [-0.05, 0) is 50.4 Å². The molecule has 10 nitrogen and oxygen atoms in total. The van der Waals surface area contributed by atoms with Gasteiger partial charge >= 0.3 is 24.5 Å². The summed E-state index contributed by atoms with van der Waals surface area (Å²) >= 11 is 0.527. The minimum absolute atomic E-state index is 0.0514. The van der Waals surface area contributed by atoms with E-state index in [1.165, 1.54) is 4.90 Å². The van der Waals surface area contributed by atoms with Gasteiger partial charge in [0.05, 0.1) is 45.1 Å². The van der Waals surface area contributed by atoms with Crippen LogP contribution in [0.3, 0.4) is 0 Å². The summed E-state index contributed by atoms with van der Waals surface area (Å²) < 4.78 is 133. The number of amides is 1. The third-order valence-corrected chi connectivity index (χ3v) is 12.4. The molecule has 4 aliphatic rings. The van der Waals surface area contributed by atoms with Crippen LogP contribution in [0.25, 0.3) is 32.1 Å². The highest BCUT2D eigenvalue weighted by Crippen LogP contribution is 2.52. The Kier molecular flexibility index (Phi) is 8.94. The average Bonchev–Trinajstić information content (AvgIpc) is 3.87. The highest BCUT2D eigenvalue weighted by atomic mass is 32.1. The fourth-order valence-corrected chi connectivity index (χ4v) is 9.96. The summed E-state index contributed by atoms with van der Waals surface area (Å²) in [6, 6.07) is 2.30. The molecule has 1 amide bonds. The maximum Gasteiger partial charge on any atom is 0.419 e. The van der Waals surface area contributed by atoms with Crippen molar-refractivity contribution in [1.82, 2.24) is 19.8 Å². The Morgan fingerprint density at radius 2 is 1.96 bits per heavy atom. The van der Waals surface area contributed by atoms with E-state index in [1.54, 1.807) is 17.9 Å². The number of halogens is 8. The van der Waals surface area contributed by atoms with Crippen LogP contribution in [-0.4, -0.2) is 89.0 Å². The molecule has 2 aromatic heterocycles. The van der Waals surface area contributed by atoms with Crippen molar-refractivity contribution in [3.8, 4) is 23.2 Å². The van der Waals surface area contributed by atoms with Gasteiger partial charge in [-0.25, -0.2) is 13.6 Å². The number of hydrogen-bond donors (Lipinski definition) is 1. The largest absolute Gasteiger partial charge is 0.461 e. The lowest BCUT2D eigenvalue weighted by atomic mass is 9.88. The van der Waals surface area contributed by atoms with Crippen molar-refractivity contribution in [2.24, 2.45) is 0 Å². The van der Waals surface area contributed by atoms with E-state index in [-0.39, 0.29) is 56.1 Å². The summed E-state index contributed by atoms with van der Waals surface area (Å²) in [6.45, 7) is 2.49. The van der Waals surface area contributed by atoms with Gasteiger partial charge in [0.2, 0.25) is 0 Å². The number of nitrogens with two attached hydrogens (primary N) is 1. The second-order valence-corrected chi connectivity index (χ2v) is 15.4. The minimum atomic E-state index is -5.52. The molecule has 8 rings (SSSR count). The second-order valence-electron chi connectivity index (χ2n) is 14.4. The van der Waals surface area contributed by atoms with Gasteiger partial charge in [-0.1, -0.05) is 6.07 Å². The summed E-state index contributed by atoms with van der Waals surface area (Å²) in [5.41, 5.74) is -1.87. The number of fused-ring (bicyclic) bond motifs is 4. The Morgan fingerprint density at radius 3 is 2.65 bits per heavy atom. The average molecular weight is 796 g/mol. The van der Waals surface area contributed by atoms with Gasteiger partial charge in [0.25, 0.3) is 0 Å². The lowest BCUT2D eigenvalue weighted by molar-refractivity contribution is -0.141. The van der Waals surface area contributed by atoms with Crippen molar-refractivity contribution in [1.29, 1.82) is 5.26 Å². The van der Waals surface area contributed by atoms with Crippen LogP contribution in [0.2, 0.25) is 0 Å². The lowest BCUT2D eigenvalue weighted by Crippen LogP contribution is -2.44. The quantitative estimate of drug-likeness (QED) is 0.186. The number of likely N-dealkylation sites (N-methyl/N-ethyl adjacent to an activating group) is 1.